The molecule has 1 aliphatic carbocycles. The first-order valence-corrected chi connectivity index (χ1v) is 6.29. The van der Waals surface area contributed by atoms with E-state index >= 15 is 0 Å². The van der Waals surface area contributed by atoms with Gasteiger partial charge in [0.15, 0.2) is 5.69 Å². The number of halogens is 1. The second-order valence-corrected chi connectivity index (χ2v) is 4.88. The van der Waals surface area contributed by atoms with Crippen molar-refractivity contribution >= 4 is 28.9 Å². The third-order valence-electron chi connectivity index (χ3n) is 3.02. The fraction of sp³-hybridized carbons (Fsp3) is 0.250. The normalized spacial score (nSPS) is 14.4. The van der Waals surface area contributed by atoms with Gasteiger partial charge in [-0.05, 0) is 25.0 Å². The lowest BCUT2D eigenvalue weighted by atomic mass is 10.2. The minimum absolute atomic E-state index is 0.219. The maximum atomic E-state index is 12.0. The molecule has 0 unspecified atom stereocenters. The molecule has 19 heavy (non-hydrogen) atoms. The molecule has 0 aromatic carbocycles. The quantitative estimate of drug-likeness (QED) is 0.749. The van der Waals surface area contributed by atoms with Crippen molar-refractivity contribution in [3.8, 4) is 0 Å². The number of carbonyl (C=O) groups excluding carboxylic acids is 1. The SMILES string of the molecule is Nc1c(C(=O)Nc2ccc(Cl)nc2)n[nH]c1C1CC1. The molecule has 1 saturated carbocycles. The van der Waals surface area contributed by atoms with Crippen molar-refractivity contribution in [2.75, 3.05) is 11.1 Å². The topological polar surface area (TPSA) is 96.7 Å². The predicted molar refractivity (Wildman–Crippen MR) is 72.2 cm³/mol. The van der Waals surface area contributed by atoms with Gasteiger partial charge >= 0.3 is 0 Å². The highest BCUT2D eigenvalue weighted by molar-refractivity contribution is 6.29. The monoisotopic (exact) mass is 277 g/mol. The summed E-state index contributed by atoms with van der Waals surface area (Å²) in [6, 6.07) is 3.26. The average molecular weight is 278 g/mol. The zero-order chi connectivity index (χ0) is 13.4. The minimum atomic E-state index is -0.357. The highest BCUT2D eigenvalue weighted by Crippen LogP contribution is 2.42. The standard InChI is InChI=1S/C12H12ClN5O/c13-8-4-3-7(5-15-8)16-12(19)11-9(14)10(17-18-11)6-1-2-6/h3-6H,1-2,14H2,(H,16,19)(H,17,18). The lowest BCUT2D eigenvalue weighted by molar-refractivity contribution is 0.102. The van der Waals surface area contributed by atoms with Crippen LogP contribution in [0.25, 0.3) is 0 Å². The fourth-order valence-corrected chi connectivity index (χ4v) is 1.97. The van der Waals surface area contributed by atoms with Crippen LogP contribution in [-0.4, -0.2) is 21.1 Å². The van der Waals surface area contributed by atoms with Crippen LogP contribution in [0, 0.1) is 0 Å². The summed E-state index contributed by atoms with van der Waals surface area (Å²) in [7, 11) is 0. The molecule has 98 valence electrons. The van der Waals surface area contributed by atoms with Crippen molar-refractivity contribution in [1.82, 2.24) is 15.2 Å². The highest BCUT2D eigenvalue weighted by Gasteiger charge is 2.30. The molecular formula is C12H12ClN5O. The Balaban J connectivity index is 1.78. The largest absolute Gasteiger partial charge is 0.395 e. The molecule has 0 bridgehead atoms. The second-order valence-electron chi connectivity index (χ2n) is 4.50. The Bertz CT molecular complexity index is 618. The van der Waals surface area contributed by atoms with E-state index in [2.05, 4.69) is 20.5 Å². The van der Waals surface area contributed by atoms with E-state index in [1.807, 2.05) is 0 Å². The van der Waals surface area contributed by atoms with E-state index < -0.39 is 0 Å². The zero-order valence-corrected chi connectivity index (χ0v) is 10.7. The van der Waals surface area contributed by atoms with Crippen LogP contribution >= 0.6 is 11.6 Å². The molecule has 2 heterocycles. The minimum Gasteiger partial charge on any atom is -0.395 e. The first kappa shape index (κ1) is 12.0. The Hall–Kier alpha value is -2.08. The van der Waals surface area contributed by atoms with Crippen molar-refractivity contribution in [3.63, 3.8) is 0 Å². The van der Waals surface area contributed by atoms with Crippen molar-refractivity contribution in [3.05, 3.63) is 34.9 Å². The first-order chi connectivity index (χ1) is 9.15. The number of hydrogen-bond donors (Lipinski definition) is 3. The number of rotatable bonds is 3. The average Bonchev–Trinajstić information content (AvgIpc) is 3.15. The number of H-pyrrole nitrogens is 1. The van der Waals surface area contributed by atoms with Crippen LogP contribution in [0.3, 0.4) is 0 Å². The molecule has 6 nitrogen and oxygen atoms in total. The van der Waals surface area contributed by atoms with Crippen LogP contribution in [-0.2, 0) is 0 Å². The molecule has 2 aromatic rings. The number of amides is 1. The van der Waals surface area contributed by atoms with Crippen LogP contribution < -0.4 is 11.1 Å². The van der Waals surface area contributed by atoms with Gasteiger partial charge in [-0.1, -0.05) is 11.6 Å². The molecule has 3 rings (SSSR count). The van der Waals surface area contributed by atoms with Crippen molar-refractivity contribution in [1.29, 1.82) is 0 Å². The number of aromatic amines is 1. The van der Waals surface area contributed by atoms with Crippen LogP contribution in [0.5, 0.6) is 0 Å². The summed E-state index contributed by atoms with van der Waals surface area (Å²) < 4.78 is 0. The molecule has 1 aliphatic rings. The lowest BCUT2D eigenvalue weighted by Crippen LogP contribution is -2.14. The van der Waals surface area contributed by atoms with E-state index in [9.17, 15) is 4.79 Å². The maximum absolute atomic E-state index is 12.0. The summed E-state index contributed by atoms with van der Waals surface area (Å²) >= 11 is 5.67. The predicted octanol–water partition coefficient (Wildman–Crippen LogP) is 2.17. The Kier molecular flexibility index (Phi) is 2.87. The molecule has 0 atom stereocenters. The number of nitrogens with two attached hydrogens (primary N) is 1. The molecule has 2 aromatic heterocycles. The van der Waals surface area contributed by atoms with Gasteiger partial charge in [-0.2, -0.15) is 5.10 Å². The van der Waals surface area contributed by atoms with Gasteiger partial charge in [0.05, 0.1) is 23.3 Å². The van der Waals surface area contributed by atoms with Crippen LogP contribution in [0.2, 0.25) is 5.15 Å². The van der Waals surface area contributed by atoms with E-state index in [0.717, 1.165) is 18.5 Å². The number of pyridine rings is 1. The third kappa shape index (κ3) is 2.39. The number of nitrogens with one attached hydrogen (secondary N) is 2. The third-order valence-corrected chi connectivity index (χ3v) is 3.24. The Morgan fingerprint density at radius 3 is 2.89 bits per heavy atom. The Morgan fingerprint density at radius 2 is 2.26 bits per heavy atom. The smallest absolute Gasteiger partial charge is 0.278 e. The first-order valence-electron chi connectivity index (χ1n) is 5.92. The summed E-state index contributed by atoms with van der Waals surface area (Å²) in [5.74, 6) is 0.0658. The van der Waals surface area contributed by atoms with Crippen LogP contribution in [0.15, 0.2) is 18.3 Å². The van der Waals surface area contributed by atoms with Gasteiger partial charge in [0, 0.05) is 5.92 Å². The number of carbonyl (C=O) groups is 1. The highest BCUT2D eigenvalue weighted by atomic mass is 35.5. The maximum Gasteiger partial charge on any atom is 0.278 e. The van der Waals surface area contributed by atoms with Crippen molar-refractivity contribution < 1.29 is 4.79 Å². The number of aromatic nitrogens is 3. The summed E-state index contributed by atoms with van der Waals surface area (Å²) in [6.45, 7) is 0. The van der Waals surface area contributed by atoms with Gasteiger partial charge in [-0.3, -0.25) is 9.89 Å². The molecule has 1 fully saturated rings. The lowest BCUT2D eigenvalue weighted by Gasteiger charge is -2.03. The van der Waals surface area contributed by atoms with Gasteiger partial charge in [-0.15, -0.1) is 0 Å². The molecular weight excluding hydrogens is 266 g/mol. The number of nitrogen functional groups attached to an aromatic ring is 1. The van der Waals surface area contributed by atoms with Crippen molar-refractivity contribution in [2.45, 2.75) is 18.8 Å². The zero-order valence-electron chi connectivity index (χ0n) is 9.98. The van der Waals surface area contributed by atoms with E-state index in [4.69, 9.17) is 17.3 Å². The summed E-state index contributed by atoms with van der Waals surface area (Å²) in [4.78, 5) is 15.9. The van der Waals surface area contributed by atoms with Gasteiger partial charge in [0.1, 0.15) is 5.15 Å². The molecule has 0 saturated heterocycles. The fourth-order valence-electron chi connectivity index (χ4n) is 1.86. The summed E-state index contributed by atoms with van der Waals surface area (Å²) in [5, 5.41) is 9.87. The van der Waals surface area contributed by atoms with Gasteiger partial charge in [-0.25, -0.2) is 4.98 Å². The van der Waals surface area contributed by atoms with E-state index in [1.54, 1.807) is 12.1 Å². The summed E-state index contributed by atoms with van der Waals surface area (Å²) in [6.07, 6.45) is 3.66. The molecule has 1 amide bonds. The van der Waals surface area contributed by atoms with Gasteiger partial charge < -0.3 is 11.1 Å². The second kappa shape index (κ2) is 4.55. The molecule has 0 spiro atoms. The molecule has 4 N–H and O–H groups in total. The number of anilines is 2. The molecule has 0 aliphatic heterocycles. The van der Waals surface area contributed by atoms with Crippen LogP contribution in [0.4, 0.5) is 11.4 Å². The van der Waals surface area contributed by atoms with Gasteiger partial charge in [0.2, 0.25) is 0 Å². The Morgan fingerprint density at radius 1 is 1.47 bits per heavy atom. The molecule has 0 radical (unpaired) electrons. The number of nitrogens with zero attached hydrogens (tertiary/aromatic N) is 2. The van der Waals surface area contributed by atoms with Gasteiger partial charge in [0.25, 0.3) is 5.91 Å². The van der Waals surface area contributed by atoms with E-state index in [-0.39, 0.29) is 11.6 Å². The molecule has 7 heteroatoms. The van der Waals surface area contributed by atoms with Crippen molar-refractivity contribution in [2.24, 2.45) is 0 Å². The van der Waals surface area contributed by atoms with Crippen LogP contribution in [0.1, 0.15) is 34.9 Å². The summed E-state index contributed by atoms with van der Waals surface area (Å²) in [5.41, 5.74) is 7.99. The van der Waals surface area contributed by atoms with E-state index in [0.29, 0.717) is 22.4 Å². The number of hydrogen-bond acceptors (Lipinski definition) is 4. The Labute approximate surface area is 114 Å². The van der Waals surface area contributed by atoms with E-state index in [1.165, 1.54) is 6.20 Å².